The molecule has 0 spiro atoms. The van der Waals surface area contributed by atoms with Crippen LogP contribution in [0.25, 0.3) is 11.1 Å². The molecule has 1 saturated carbocycles. The molecule has 4 aromatic rings. The van der Waals surface area contributed by atoms with E-state index < -0.39 is 24.7 Å². The minimum absolute atomic E-state index is 0.00626. The van der Waals surface area contributed by atoms with E-state index in [-0.39, 0.29) is 29.1 Å². The number of nitrogens with one attached hydrogen (secondary N) is 2. The van der Waals surface area contributed by atoms with E-state index in [0.717, 1.165) is 42.4 Å². The Hall–Kier alpha value is -4.83. The van der Waals surface area contributed by atoms with Crippen molar-refractivity contribution in [3.8, 4) is 17.2 Å². The maximum Gasteiger partial charge on any atom is 0.416 e. The molecule has 13 heteroatoms. The Morgan fingerprint density at radius 3 is 2.46 bits per heavy atom. The van der Waals surface area contributed by atoms with Gasteiger partial charge in [-0.3, -0.25) is 14.5 Å². The highest BCUT2D eigenvalue weighted by Gasteiger charge is 2.38. The van der Waals surface area contributed by atoms with Crippen LogP contribution < -0.4 is 10.6 Å². The average Bonchev–Trinajstić information content (AvgIpc) is 3.50. The summed E-state index contributed by atoms with van der Waals surface area (Å²) in [4.78, 5) is 27.0. The summed E-state index contributed by atoms with van der Waals surface area (Å²) >= 11 is 0. The van der Waals surface area contributed by atoms with Gasteiger partial charge in [-0.1, -0.05) is 36.4 Å². The van der Waals surface area contributed by atoms with Gasteiger partial charge in [0, 0.05) is 43.5 Å². The number of pyridine rings is 1. The number of benzene rings is 1. The summed E-state index contributed by atoms with van der Waals surface area (Å²) in [7, 11) is 1.85. The van der Waals surface area contributed by atoms with Gasteiger partial charge in [0.05, 0.1) is 30.6 Å². The molecule has 1 aliphatic rings. The number of rotatable bonds is 11. The summed E-state index contributed by atoms with van der Waals surface area (Å²) in [6.07, 6.45) is 2.93. The van der Waals surface area contributed by atoms with Crippen molar-refractivity contribution in [2.75, 3.05) is 11.9 Å². The second-order valence-electron chi connectivity index (χ2n) is 11.6. The molecular formula is C33H35F3N8O2. The van der Waals surface area contributed by atoms with Crippen molar-refractivity contribution in [2.45, 2.75) is 56.8 Å². The maximum atomic E-state index is 13.7. The van der Waals surface area contributed by atoms with Gasteiger partial charge in [0.2, 0.25) is 5.91 Å². The number of nitrogens with zero attached hydrogens (tertiary/aromatic N) is 6. The number of halogens is 3. The minimum atomic E-state index is -4.79. The van der Waals surface area contributed by atoms with E-state index in [1.807, 2.05) is 61.8 Å². The fourth-order valence-corrected chi connectivity index (χ4v) is 5.84. The maximum absolute atomic E-state index is 13.7. The van der Waals surface area contributed by atoms with E-state index in [4.69, 9.17) is 4.98 Å². The van der Waals surface area contributed by atoms with Crippen LogP contribution in [0.4, 0.5) is 19.0 Å². The van der Waals surface area contributed by atoms with Crippen LogP contribution in [0.1, 0.15) is 54.2 Å². The van der Waals surface area contributed by atoms with E-state index in [1.54, 1.807) is 17.1 Å². The van der Waals surface area contributed by atoms with Crippen LogP contribution >= 0.6 is 0 Å². The van der Waals surface area contributed by atoms with E-state index in [9.17, 15) is 28.3 Å². The summed E-state index contributed by atoms with van der Waals surface area (Å²) in [5.41, 5.74) is 3.55. The number of nitriles is 1. The van der Waals surface area contributed by atoms with Crippen molar-refractivity contribution in [1.82, 2.24) is 30.0 Å². The number of alkyl halides is 3. The van der Waals surface area contributed by atoms with Crippen molar-refractivity contribution in [1.29, 1.82) is 5.26 Å². The zero-order valence-electron chi connectivity index (χ0n) is 25.3. The number of hydrogen-bond donors (Lipinski definition) is 3. The number of amides is 1. The first-order valence-corrected chi connectivity index (χ1v) is 15.1. The molecule has 240 valence electrons. The highest BCUT2D eigenvalue weighted by Crippen LogP contribution is 2.39. The second kappa shape index (κ2) is 14.5. The molecule has 1 aliphatic carbocycles. The Bertz CT molecular complexity index is 1650. The molecule has 3 N–H and O–H groups in total. The number of aliphatic hydroxyl groups is 1. The molecule has 10 nitrogen and oxygen atoms in total. The lowest BCUT2D eigenvalue weighted by atomic mass is 9.73. The standard InChI is InChI=1S/C33H35F3N8O2/c1-44-20-26(18-42-44)24-11-12-27(38-16-24)30(32(46)41-15-22-5-3-2-4-6-22)23-9-7-21(8-10-23)13-29-39-17-25(14-37)31(43-29)40-19-28(45)33(34,35)36/h2-6,11-12,16-18,20-21,23,28,30,45H,7-10,13,15,19H2,1H3,(H,41,46)(H,39,40,43). The summed E-state index contributed by atoms with van der Waals surface area (Å²) in [6, 6.07) is 15.5. The van der Waals surface area contributed by atoms with E-state index >= 15 is 0 Å². The first kappa shape index (κ1) is 32.6. The van der Waals surface area contributed by atoms with Gasteiger partial charge in [-0.25, -0.2) is 9.97 Å². The monoisotopic (exact) mass is 632 g/mol. The Morgan fingerprint density at radius 2 is 1.83 bits per heavy atom. The third-order valence-corrected chi connectivity index (χ3v) is 8.37. The summed E-state index contributed by atoms with van der Waals surface area (Å²) in [6.45, 7) is -0.420. The first-order valence-electron chi connectivity index (χ1n) is 15.1. The smallest absolute Gasteiger partial charge is 0.382 e. The number of hydrogen-bond acceptors (Lipinski definition) is 8. The van der Waals surface area contributed by atoms with Gasteiger partial charge in [0.15, 0.2) is 6.10 Å². The van der Waals surface area contributed by atoms with Crippen molar-refractivity contribution in [3.63, 3.8) is 0 Å². The van der Waals surface area contributed by atoms with Gasteiger partial charge in [-0.05, 0) is 49.1 Å². The fourth-order valence-electron chi connectivity index (χ4n) is 5.84. The first-order chi connectivity index (χ1) is 22.1. The molecule has 0 bridgehead atoms. The predicted molar refractivity (Wildman–Crippen MR) is 164 cm³/mol. The number of aromatic nitrogens is 5. The molecule has 1 aromatic carbocycles. The van der Waals surface area contributed by atoms with Gasteiger partial charge in [0.25, 0.3) is 0 Å². The largest absolute Gasteiger partial charge is 0.416 e. The summed E-state index contributed by atoms with van der Waals surface area (Å²) < 4.78 is 40.0. The number of anilines is 1. The highest BCUT2D eigenvalue weighted by atomic mass is 19.4. The van der Waals surface area contributed by atoms with E-state index in [2.05, 4.69) is 25.7 Å². The van der Waals surface area contributed by atoms with Crippen molar-refractivity contribution < 1.29 is 23.1 Å². The lowest BCUT2D eigenvalue weighted by Crippen LogP contribution is -2.35. The van der Waals surface area contributed by atoms with E-state index in [1.165, 1.54) is 6.20 Å². The number of carbonyl (C=O) groups is 1. The zero-order valence-corrected chi connectivity index (χ0v) is 25.3. The van der Waals surface area contributed by atoms with Crippen LogP contribution in [0.15, 0.2) is 67.3 Å². The molecule has 0 saturated heterocycles. The van der Waals surface area contributed by atoms with Gasteiger partial charge in [0.1, 0.15) is 23.3 Å². The molecule has 1 fully saturated rings. The molecule has 1 amide bonds. The third kappa shape index (κ3) is 8.25. The van der Waals surface area contributed by atoms with Gasteiger partial charge >= 0.3 is 6.18 Å². The molecular weight excluding hydrogens is 597 g/mol. The quantitative estimate of drug-likeness (QED) is 0.212. The summed E-state index contributed by atoms with van der Waals surface area (Å²) in [5.74, 6) is 0.0610. The van der Waals surface area contributed by atoms with Gasteiger partial charge in [-0.2, -0.15) is 23.5 Å². The molecule has 2 atom stereocenters. The number of carbonyl (C=O) groups excluding carboxylic acids is 1. The topological polar surface area (TPSA) is 142 Å². The lowest BCUT2D eigenvalue weighted by molar-refractivity contribution is -0.198. The normalized spacial score (nSPS) is 17.9. The van der Waals surface area contributed by atoms with Crippen molar-refractivity contribution >= 4 is 11.7 Å². The van der Waals surface area contributed by atoms with Crippen molar-refractivity contribution in [2.24, 2.45) is 18.9 Å². The average molecular weight is 633 g/mol. The highest BCUT2D eigenvalue weighted by molar-refractivity contribution is 5.83. The van der Waals surface area contributed by atoms with Crippen LogP contribution in [0.5, 0.6) is 0 Å². The molecule has 46 heavy (non-hydrogen) atoms. The molecule has 2 unspecified atom stereocenters. The SMILES string of the molecule is Cn1cc(-c2ccc(C(C(=O)NCc3ccccc3)C3CCC(Cc4ncc(C#N)c(NCC(O)C(F)(F)F)n4)CC3)nc2)cn1. The van der Waals surface area contributed by atoms with Crippen LogP contribution in [0, 0.1) is 23.2 Å². The number of aliphatic hydroxyl groups excluding tert-OH is 1. The summed E-state index contributed by atoms with van der Waals surface area (Å²) in [5, 5.41) is 28.5. The zero-order chi connectivity index (χ0) is 32.7. The second-order valence-corrected chi connectivity index (χ2v) is 11.6. The Kier molecular flexibility index (Phi) is 10.3. The fraction of sp³-hybridized carbons (Fsp3) is 0.394. The molecule has 3 aromatic heterocycles. The molecule has 0 radical (unpaired) electrons. The van der Waals surface area contributed by atoms with E-state index in [0.29, 0.717) is 24.5 Å². The van der Waals surface area contributed by atoms with Crippen LogP contribution in [-0.2, 0) is 24.8 Å². The van der Waals surface area contributed by atoms with Gasteiger partial charge < -0.3 is 15.7 Å². The molecule has 0 aliphatic heterocycles. The van der Waals surface area contributed by atoms with Crippen LogP contribution in [-0.4, -0.2) is 54.6 Å². The Morgan fingerprint density at radius 1 is 1.07 bits per heavy atom. The predicted octanol–water partition coefficient (Wildman–Crippen LogP) is 4.93. The third-order valence-electron chi connectivity index (χ3n) is 8.37. The Balaban J connectivity index is 1.26. The van der Waals surface area contributed by atoms with Crippen LogP contribution in [0.3, 0.4) is 0 Å². The minimum Gasteiger partial charge on any atom is -0.382 e. The van der Waals surface area contributed by atoms with Gasteiger partial charge in [-0.15, -0.1) is 0 Å². The lowest BCUT2D eigenvalue weighted by Gasteiger charge is -2.33. The van der Waals surface area contributed by atoms with Crippen LogP contribution in [0.2, 0.25) is 0 Å². The molecule has 3 heterocycles. The van der Waals surface area contributed by atoms with Crippen molar-refractivity contribution in [3.05, 3.63) is 89.9 Å². The molecule has 5 rings (SSSR count). The Labute approximate surface area is 264 Å². The number of aryl methyl sites for hydroxylation is 1.